The Hall–Kier alpha value is -1.42. The Balaban J connectivity index is 2.28. The molecule has 3 nitrogen and oxygen atoms in total. The fraction of sp³-hybridized carbons (Fsp3) is 0.167. The zero-order chi connectivity index (χ0) is 11.5. The molecule has 0 radical (unpaired) electrons. The maximum atomic E-state index is 4.34. The highest BCUT2D eigenvalue weighted by atomic mass is 79.9. The summed E-state index contributed by atoms with van der Waals surface area (Å²) in [6.07, 6.45) is 1.75. The van der Waals surface area contributed by atoms with E-state index in [-0.39, 0.29) is 0 Å². The lowest BCUT2D eigenvalue weighted by atomic mass is 10.2. The van der Waals surface area contributed by atoms with Crippen LogP contribution in [0.3, 0.4) is 0 Å². The first-order valence-electron chi connectivity index (χ1n) is 4.98. The van der Waals surface area contributed by atoms with Gasteiger partial charge in [-0.3, -0.25) is 0 Å². The van der Waals surface area contributed by atoms with E-state index in [1.54, 1.807) is 6.20 Å². The number of rotatable bonds is 2. The molecule has 0 unspecified atom stereocenters. The minimum atomic E-state index is 0.620. The summed E-state index contributed by atoms with van der Waals surface area (Å²) in [4.78, 5) is 8.55. The molecule has 0 saturated heterocycles. The van der Waals surface area contributed by atoms with Crippen molar-refractivity contribution in [2.75, 3.05) is 5.32 Å². The van der Waals surface area contributed by atoms with Crippen LogP contribution >= 0.6 is 15.9 Å². The SMILES string of the molecule is Cc1ccccc1Nc1ncc(Br)c(C)n1. The van der Waals surface area contributed by atoms with Crippen molar-refractivity contribution in [2.45, 2.75) is 13.8 Å². The number of anilines is 2. The molecule has 0 atom stereocenters. The first-order valence-corrected chi connectivity index (χ1v) is 5.78. The van der Waals surface area contributed by atoms with E-state index >= 15 is 0 Å². The van der Waals surface area contributed by atoms with E-state index < -0.39 is 0 Å². The van der Waals surface area contributed by atoms with Gasteiger partial charge in [0.25, 0.3) is 0 Å². The van der Waals surface area contributed by atoms with Gasteiger partial charge in [0, 0.05) is 11.9 Å². The van der Waals surface area contributed by atoms with Gasteiger partial charge in [0.1, 0.15) is 0 Å². The molecule has 0 aliphatic rings. The lowest BCUT2D eigenvalue weighted by molar-refractivity contribution is 1.09. The van der Waals surface area contributed by atoms with Crippen molar-refractivity contribution in [1.29, 1.82) is 0 Å². The third-order valence-corrected chi connectivity index (χ3v) is 3.09. The summed E-state index contributed by atoms with van der Waals surface area (Å²) in [5.74, 6) is 0.620. The number of nitrogens with zero attached hydrogens (tertiary/aromatic N) is 2. The zero-order valence-electron chi connectivity index (χ0n) is 9.16. The van der Waals surface area contributed by atoms with Crippen molar-refractivity contribution in [3.8, 4) is 0 Å². The van der Waals surface area contributed by atoms with Gasteiger partial charge in [-0.2, -0.15) is 0 Å². The number of para-hydroxylation sites is 1. The average Bonchev–Trinajstić information content (AvgIpc) is 2.27. The molecule has 0 fully saturated rings. The van der Waals surface area contributed by atoms with Gasteiger partial charge in [0.05, 0.1) is 10.2 Å². The maximum Gasteiger partial charge on any atom is 0.227 e. The molecule has 0 spiro atoms. The van der Waals surface area contributed by atoms with Gasteiger partial charge in [-0.1, -0.05) is 18.2 Å². The predicted octanol–water partition coefficient (Wildman–Crippen LogP) is 3.60. The van der Waals surface area contributed by atoms with Crippen LogP contribution in [0.5, 0.6) is 0 Å². The minimum absolute atomic E-state index is 0.620. The van der Waals surface area contributed by atoms with Crippen molar-refractivity contribution >= 4 is 27.6 Å². The van der Waals surface area contributed by atoms with Crippen LogP contribution in [-0.2, 0) is 0 Å². The molecule has 0 aliphatic heterocycles. The van der Waals surface area contributed by atoms with Crippen molar-refractivity contribution in [2.24, 2.45) is 0 Å². The van der Waals surface area contributed by atoms with Crippen LogP contribution in [0.1, 0.15) is 11.3 Å². The van der Waals surface area contributed by atoms with Crippen molar-refractivity contribution in [3.63, 3.8) is 0 Å². The smallest absolute Gasteiger partial charge is 0.227 e. The van der Waals surface area contributed by atoms with Crippen LogP contribution in [-0.4, -0.2) is 9.97 Å². The highest BCUT2D eigenvalue weighted by Crippen LogP contribution is 2.19. The maximum absolute atomic E-state index is 4.34. The Morgan fingerprint density at radius 1 is 1.19 bits per heavy atom. The summed E-state index contributed by atoms with van der Waals surface area (Å²) in [6, 6.07) is 8.05. The molecule has 4 heteroatoms. The minimum Gasteiger partial charge on any atom is -0.324 e. The Kier molecular flexibility index (Phi) is 3.19. The van der Waals surface area contributed by atoms with Crippen molar-refractivity contribution < 1.29 is 0 Å². The summed E-state index contributed by atoms with van der Waals surface area (Å²) in [5, 5.41) is 3.20. The number of hydrogen-bond acceptors (Lipinski definition) is 3. The molecule has 0 amide bonds. The second-order valence-electron chi connectivity index (χ2n) is 3.57. The summed E-state index contributed by atoms with van der Waals surface area (Å²) in [7, 11) is 0. The first-order chi connectivity index (χ1) is 7.66. The number of halogens is 1. The van der Waals surface area contributed by atoms with E-state index in [0.29, 0.717) is 5.95 Å². The van der Waals surface area contributed by atoms with Crippen LogP contribution in [0.25, 0.3) is 0 Å². The molecule has 0 saturated carbocycles. The van der Waals surface area contributed by atoms with Gasteiger partial charge >= 0.3 is 0 Å². The highest BCUT2D eigenvalue weighted by Gasteiger charge is 2.02. The first kappa shape index (κ1) is 11.1. The number of benzene rings is 1. The third kappa shape index (κ3) is 2.39. The zero-order valence-corrected chi connectivity index (χ0v) is 10.7. The summed E-state index contributed by atoms with van der Waals surface area (Å²) < 4.78 is 0.919. The second-order valence-corrected chi connectivity index (χ2v) is 4.42. The Labute approximate surface area is 103 Å². The molecule has 1 heterocycles. The normalized spacial score (nSPS) is 10.2. The second kappa shape index (κ2) is 4.61. The fourth-order valence-corrected chi connectivity index (χ4v) is 1.54. The summed E-state index contributed by atoms with van der Waals surface area (Å²) >= 11 is 3.38. The third-order valence-electron chi connectivity index (χ3n) is 2.31. The van der Waals surface area contributed by atoms with E-state index in [0.717, 1.165) is 15.9 Å². The van der Waals surface area contributed by atoms with Gasteiger partial charge in [-0.15, -0.1) is 0 Å². The molecule has 82 valence electrons. The molecule has 2 aromatic rings. The highest BCUT2D eigenvalue weighted by molar-refractivity contribution is 9.10. The molecular weight excluding hydrogens is 266 g/mol. The standard InChI is InChI=1S/C12H12BrN3/c1-8-5-3-4-6-11(8)16-12-14-7-10(13)9(2)15-12/h3-7H,1-2H3,(H,14,15,16). The molecule has 1 aromatic carbocycles. The Morgan fingerprint density at radius 3 is 2.62 bits per heavy atom. The molecule has 2 rings (SSSR count). The fourth-order valence-electron chi connectivity index (χ4n) is 1.35. The van der Waals surface area contributed by atoms with E-state index in [1.165, 1.54) is 5.56 Å². The van der Waals surface area contributed by atoms with Crippen LogP contribution in [0.15, 0.2) is 34.9 Å². The average molecular weight is 278 g/mol. The molecule has 1 aromatic heterocycles. The largest absolute Gasteiger partial charge is 0.324 e. The van der Waals surface area contributed by atoms with E-state index in [4.69, 9.17) is 0 Å². The monoisotopic (exact) mass is 277 g/mol. The van der Waals surface area contributed by atoms with Gasteiger partial charge in [0.15, 0.2) is 0 Å². The van der Waals surface area contributed by atoms with Gasteiger partial charge in [-0.25, -0.2) is 9.97 Å². The number of aryl methyl sites for hydroxylation is 2. The molecular formula is C12H12BrN3. The quantitative estimate of drug-likeness (QED) is 0.912. The van der Waals surface area contributed by atoms with Crippen LogP contribution in [0.2, 0.25) is 0 Å². The van der Waals surface area contributed by atoms with Crippen molar-refractivity contribution in [3.05, 3.63) is 46.2 Å². The summed E-state index contributed by atoms with van der Waals surface area (Å²) in [6.45, 7) is 3.99. The Bertz CT molecular complexity index is 511. The Morgan fingerprint density at radius 2 is 1.94 bits per heavy atom. The molecule has 0 aliphatic carbocycles. The number of hydrogen-bond donors (Lipinski definition) is 1. The van der Waals surface area contributed by atoms with Gasteiger partial charge in [0.2, 0.25) is 5.95 Å². The van der Waals surface area contributed by atoms with E-state index in [9.17, 15) is 0 Å². The predicted molar refractivity (Wildman–Crippen MR) is 68.9 cm³/mol. The lowest BCUT2D eigenvalue weighted by Gasteiger charge is -2.08. The lowest BCUT2D eigenvalue weighted by Crippen LogP contribution is -1.99. The van der Waals surface area contributed by atoms with Gasteiger partial charge in [-0.05, 0) is 41.4 Å². The molecule has 16 heavy (non-hydrogen) atoms. The van der Waals surface area contributed by atoms with E-state index in [1.807, 2.05) is 38.1 Å². The summed E-state index contributed by atoms with van der Waals surface area (Å²) in [5.41, 5.74) is 3.13. The number of aromatic nitrogens is 2. The molecule has 0 bridgehead atoms. The van der Waals surface area contributed by atoms with Gasteiger partial charge < -0.3 is 5.32 Å². The van der Waals surface area contributed by atoms with Crippen molar-refractivity contribution in [1.82, 2.24) is 9.97 Å². The van der Waals surface area contributed by atoms with E-state index in [2.05, 4.69) is 31.2 Å². The van der Waals surface area contributed by atoms with Crippen LogP contribution in [0, 0.1) is 13.8 Å². The van der Waals surface area contributed by atoms with Crippen LogP contribution < -0.4 is 5.32 Å². The number of nitrogens with one attached hydrogen (secondary N) is 1. The van der Waals surface area contributed by atoms with Crippen LogP contribution in [0.4, 0.5) is 11.6 Å². The topological polar surface area (TPSA) is 37.8 Å². The molecule has 1 N–H and O–H groups in total.